The minimum atomic E-state index is -0.0682. The largest absolute Gasteiger partial charge is 0.354 e. The first-order valence-electron chi connectivity index (χ1n) is 43.9. The van der Waals surface area contributed by atoms with Crippen molar-refractivity contribution in [2.45, 2.75) is 77.0 Å². The summed E-state index contributed by atoms with van der Waals surface area (Å²) in [4.78, 5) is 14.9. The lowest BCUT2D eigenvalue weighted by molar-refractivity contribution is 0.661. The van der Waals surface area contributed by atoms with Crippen LogP contribution in [0.5, 0.6) is 0 Å². The maximum Gasteiger partial charge on any atom is 0.0551 e. The second-order valence-electron chi connectivity index (χ2n) is 37.7. The van der Waals surface area contributed by atoms with Crippen LogP contribution in [0.25, 0.3) is 229 Å². The third-order valence-electron chi connectivity index (χ3n) is 29.5. The highest BCUT2D eigenvalue weighted by Crippen LogP contribution is 2.58. The lowest BCUT2D eigenvalue weighted by Crippen LogP contribution is -2.15. The van der Waals surface area contributed by atoms with Crippen molar-refractivity contribution >= 4 is 184 Å². The van der Waals surface area contributed by atoms with E-state index in [9.17, 15) is 0 Å². The Labute approximate surface area is 717 Å². The summed E-state index contributed by atoms with van der Waals surface area (Å²) in [7, 11) is 0. The molecule has 0 spiro atoms. The molecule has 4 aliphatic rings. The fourth-order valence-electron chi connectivity index (χ4n) is 23.4. The Kier molecular flexibility index (Phi) is 14.5. The van der Waals surface area contributed by atoms with Crippen LogP contribution >= 0.6 is 0 Å². The molecule has 586 valence electrons. The van der Waals surface area contributed by atoms with Crippen molar-refractivity contribution in [3.63, 3.8) is 0 Å². The third-order valence-corrected chi connectivity index (χ3v) is 29.5. The summed E-state index contributed by atoms with van der Waals surface area (Å²) in [5.74, 6) is 0. The highest BCUT2D eigenvalue weighted by atomic mass is 14.7. The minimum Gasteiger partial charge on any atom is -0.354 e. The molecular formula is C120H86N4. The smallest absolute Gasteiger partial charge is 0.0551 e. The topological polar surface area (TPSA) is 63.2 Å². The second kappa shape index (κ2) is 25.4. The summed E-state index contributed by atoms with van der Waals surface area (Å²) >= 11 is 0. The van der Waals surface area contributed by atoms with E-state index in [2.05, 4.69) is 427 Å². The highest BCUT2D eigenvalue weighted by Gasteiger charge is 2.42. The van der Waals surface area contributed by atoms with Gasteiger partial charge in [0.25, 0.3) is 0 Å². The molecule has 25 aromatic rings. The van der Waals surface area contributed by atoms with Gasteiger partial charge >= 0.3 is 0 Å². The Morgan fingerprint density at radius 2 is 0.484 bits per heavy atom. The molecule has 0 unspecified atom stereocenters. The van der Waals surface area contributed by atoms with Gasteiger partial charge in [0, 0.05) is 109 Å². The molecule has 0 aliphatic heterocycles. The molecule has 4 N–H and O–H groups in total. The molecule has 29 rings (SSSR count). The zero-order valence-corrected chi connectivity index (χ0v) is 70.5. The maximum absolute atomic E-state index is 3.80. The number of hydrogen-bond donors (Lipinski definition) is 4. The van der Waals surface area contributed by atoms with Crippen LogP contribution in [-0.4, -0.2) is 19.9 Å². The summed E-state index contributed by atoms with van der Waals surface area (Å²) in [6.07, 6.45) is 0. The Hall–Kier alpha value is -14.8. The molecule has 124 heavy (non-hydrogen) atoms. The van der Waals surface area contributed by atoms with E-state index in [1.807, 2.05) is 0 Å². The fraction of sp³-hybridized carbons (Fsp3) is 0.100. The molecule has 0 bridgehead atoms. The van der Waals surface area contributed by atoms with Gasteiger partial charge in [0.05, 0.1) is 5.52 Å². The fourth-order valence-corrected chi connectivity index (χ4v) is 23.4. The molecule has 0 atom stereocenters. The Morgan fingerprint density at radius 3 is 1.06 bits per heavy atom. The van der Waals surface area contributed by atoms with E-state index in [1.54, 1.807) is 0 Å². The van der Waals surface area contributed by atoms with Gasteiger partial charge in [0.1, 0.15) is 0 Å². The molecule has 0 amide bonds. The van der Waals surface area contributed by atoms with Gasteiger partial charge in [-0.2, -0.15) is 0 Å². The summed E-state index contributed by atoms with van der Waals surface area (Å²) in [5.41, 5.74) is 32.0. The van der Waals surface area contributed by atoms with Gasteiger partial charge in [-0.05, 0) is 284 Å². The van der Waals surface area contributed by atoms with Crippen LogP contribution in [0, 0.1) is 0 Å². The zero-order valence-electron chi connectivity index (χ0n) is 70.5. The molecule has 4 nitrogen and oxygen atoms in total. The molecule has 21 aromatic carbocycles. The first kappa shape index (κ1) is 70.9. The summed E-state index contributed by atoms with van der Waals surface area (Å²) < 4.78 is 0. The minimum absolute atomic E-state index is 0.0103. The van der Waals surface area contributed by atoms with E-state index in [-0.39, 0.29) is 21.7 Å². The average Bonchev–Trinajstić information content (AvgIpc) is 1.56. The van der Waals surface area contributed by atoms with Crippen LogP contribution < -0.4 is 0 Å². The number of rotatable bonds is 0. The second-order valence-corrected chi connectivity index (χ2v) is 37.7. The Balaban J connectivity index is 0.0000000885. The van der Waals surface area contributed by atoms with Crippen LogP contribution in [0.1, 0.15) is 99.9 Å². The predicted molar refractivity (Wildman–Crippen MR) is 531 cm³/mol. The lowest BCUT2D eigenvalue weighted by atomic mass is 9.79. The predicted octanol–water partition coefficient (Wildman–Crippen LogP) is 32.9. The van der Waals surface area contributed by atoms with Crippen molar-refractivity contribution in [3.8, 4) is 44.5 Å². The number of aromatic nitrogens is 4. The van der Waals surface area contributed by atoms with E-state index in [0.29, 0.717) is 0 Å². The van der Waals surface area contributed by atoms with E-state index >= 15 is 0 Å². The van der Waals surface area contributed by atoms with E-state index in [0.717, 1.165) is 0 Å². The van der Waals surface area contributed by atoms with Gasteiger partial charge in [-0.1, -0.05) is 304 Å². The number of hydrogen-bond acceptors (Lipinski definition) is 0. The quantitative estimate of drug-likeness (QED) is 0.0864. The third kappa shape index (κ3) is 10.0. The number of aromatic amines is 4. The highest BCUT2D eigenvalue weighted by molar-refractivity contribution is 6.32. The Morgan fingerprint density at radius 1 is 0.153 bits per heavy atom. The molecule has 0 saturated heterocycles. The van der Waals surface area contributed by atoms with Crippen molar-refractivity contribution in [1.82, 2.24) is 19.9 Å². The van der Waals surface area contributed by atoms with Crippen molar-refractivity contribution in [3.05, 3.63) is 396 Å². The van der Waals surface area contributed by atoms with Crippen molar-refractivity contribution < 1.29 is 0 Å². The molecule has 0 saturated carbocycles. The average molecular weight is 1580 g/mol. The summed E-state index contributed by atoms with van der Waals surface area (Å²) in [5, 5.41) is 34.2. The van der Waals surface area contributed by atoms with Gasteiger partial charge in [0.15, 0.2) is 0 Å². The van der Waals surface area contributed by atoms with Gasteiger partial charge in [0.2, 0.25) is 0 Å². The molecule has 4 heterocycles. The van der Waals surface area contributed by atoms with Gasteiger partial charge in [-0.15, -0.1) is 0 Å². The number of nitrogens with one attached hydrogen (secondary N) is 4. The molecular weight excluding hydrogens is 1500 g/mol. The Bertz CT molecular complexity index is 9070. The zero-order chi connectivity index (χ0) is 82.7. The number of H-pyrrole nitrogens is 4. The molecule has 4 aromatic heterocycles. The van der Waals surface area contributed by atoms with Gasteiger partial charge in [-0.25, -0.2) is 0 Å². The van der Waals surface area contributed by atoms with Gasteiger partial charge in [-0.3, -0.25) is 0 Å². The SMILES string of the molecule is CC1(C)c2cc3c(cc2-c2ccc4cc5ccccc5cc4c21)[nH]c1cc2ccccc2cc13.CC1(C)c2cc3c(cc2-c2ccc4ccccc4c21)[nH]c1ccc2ccccc2c13.CC1(C)c2cc3ccccc3cc2-c2cc3[nH]c4cc5ccccc5cc4c3cc21.CC1(C)c2ccccc2-c2cc3[nH]c4c5ccccc5c5ccccc5c4c3cc21. The number of benzene rings is 21. The van der Waals surface area contributed by atoms with Crippen LogP contribution in [-0.2, 0) is 21.7 Å². The monoisotopic (exact) mass is 1580 g/mol. The normalized spacial score (nSPS) is 14.5. The van der Waals surface area contributed by atoms with Crippen molar-refractivity contribution in [2.24, 2.45) is 0 Å². The maximum atomic E-state index is 3.80. The van der Waals surface area contributed by atoms with Crippen molar-refractivity contribution in [1.29, 1.82) is 0 Å². The standard InChI is InChI=1S/C33H23N.3C29H21N/c1-33(2)29-17-28-27-15-21-9-5-6-10-22(21)16-30(27)34-31(28)18-26(29)24-12-11-23-13-19-7-3-4-8-20(19)14-25(23)32(24)33;1-29(2)24-14-8-7-11-19(24)22-16-26-23(15-25(22)29)27-20-12-5-3-9-17(20)18-10-4-6-13-21(18)28(27)30-26;1-29(2)25-13-19-9-5-3-7-17(19)11-21(25)22-16-28-24(15-26(22)29)23-12-18-8-4-6-10-20(18)14-27(23)30-28;1-29(2)24-15-23-26(30-25-14-12-17-7-3-5-9-19(17)27(23)25)16-22(24)21-13-11-18-8-4-6-10-20(18)28(21)29/h3-18,34H,1-2H3;3*3-16,30H,1-2H3. The molecule has 4 heteroatoms. The van der Waals surface area contributed by atoms with E-state index in [1.165, 1.54) is 273 Å². The van der Waals surface area contributed by atoms with Crippen LogP contribution in [0.3, 0.4) is 0 Å². The summed E-state index contributed by atoms with van der Waals surface area (Å²) in [6, 6.07) is 130. The summed E-state index contributed by atoms with van der Waals surface area (Å²) in [6.45, 7) is 19.0. The van der Waals surface area contributed by atoms with Crippen molar-refractivity contribution in [2.75, 3.05) is 0 Å². The van der Waals surface area contributed by atoms with E-state index in [4.69, 9.17) is 0 Å². The van der Waals surface area contributed by atoms with Crippen LogP contribution in [0.15, 0.2) is 352 Å². The van der Waals surface area contributed by atoms with Crippen LogP contribution in [0.4, 0.5) is 0 Å². The van der Waals surface area contributed by atoms with E-state index < -0.39 is 0 Å². The lowest BCUT2D eigenvalue weighted by Gasteiger charge is -2.23. The van der Waals surface area contributed by atoms with Crippen LogP contribution in [0.2, 0.25) is 0 Å². The first-order valence-corrected chi connectivity index (χ1v) is 43.9. The molecule has 0 radical (unpaired) electrons. The number of fused-ring (bicyclic) bond motifs is 39. The molecule has 4 aliphatic carbocycles. The van der Waals surface area contributed by atoms with Gasteiger partial charge < -0.3 is 19.9 Å². The first-order chi connectivity index (χ1) is 60.4. The molecule has 0 fully saturated rings.